The third-order valence-corrected chi connectivity index (χ3v) is 4.21. The molecule has 1 aliphatic carbocycles. The number of halogens is 2. The number of aromatic nitrogens is 1. The van der Waals surface area contributed by atoms with Crippen molar-refractivity contribution in [1.82, 2.24) is 10.5 Å². The predicted octanol–water partition coefficient (Wildman–Crippen LogP) is 3.59. The standard InChI is InChI=1S/C16H16ClFN2O2/c1-9-13(16(17)22-20-9)8-14(21)19-15(10-2-3-10)11-4-6-12(18)7-5-11/h4-7,10,15H,2-3,8H2,1H3,(H,19,21). The van der Waals surface area contributed by atoms with Gasteiger partial charge in [-0.15, -0.1) is 0 Å². The largest absolute Gasteiger partial charge is 0.349 e. The minimum Gasteiger partial charge on any atom is -0.349 e. The Morgan fingerprint density at radius 1 is 1.45 bits per heavy atom. The lowest BCUT2D eigenvalue weighted by Crippen LogP contribution is -2.31. The fourth-order valence-corrected chi connectivity index (χ4v) is 2.75. The van der Waals surface area contributed by atoms with Crippen molar-refractivity contribution in [1.29, 1.82) is 0 Å². The molecule has 1 aromatic heterocycles. The molecule has 1 saturated carbocycles. The van der Waals surface area contributed by atoms with E-state index in [-0.39, 0.29) is 29.4 Å². The molecule has 0 bridgehead atoms. The molecule has 6 heteroatoms. The molecule has 1 unspecified atom stereocenters. The summed E-state index contributed by atoms with van der Waals surface area (Å²) in [5, 5.41) is 6.90. The third kappa shape index (κ3) is 3.30. The van der Waals surface area contributed by atoms with Crippen molar-refractivity contribution in [3.05, 3.63) is 52.1 Å². The van der Waals surface area contributed by atoms with E-state index in [0.717, 1.165) is 18.4 Å². The lowest BCUT2D eigenvalue weighted by molar-refractivity contribution is -0.121. The van der Waals surface area contributed by atoms with E-state index < -0.39 is 0 Å². The van der Waals surface area contributed by atoms with Gasteiger partial charge in [0.05, 0.1) is 18.2 Å². The minimum absolute atomic E-state index is 0.0907. The molecule has 2 aromatic rings. The number of hydrogen-bond acceptors (Lipinski definition) is 3. The van der Waals surface area contributed by atoms with Crippen LogP contribution in [0.15, 0.2) is 28.8 Å². The van der Waals surface area contributed by atoms with Gasteiger partial charge in [-0.3, -0.25) is 4.79 Å². The molecule has 0 radical (unpaired) electrons. The van der Waals surface area contributed by atoms with Gasteiger partial charge < -0.3 is 9.84 Å². The number of amides is 1. The van der Waals surface area contributed by atoms with E-state index in [1.165, 1.54) is 12.1 Å². The summed E-state index contributed by atoms with van der Waals surface area (Å²) in [6.45, 7) is 1.75. The number of aryl methyl sites for hydroxylation is 1. The Balaban J connectivity index is 1.71. The maximum Gasteiger partial charge on any atom is 0.229 e. The molecule has 1 atom stereocenters. The Kier molecular flexibility index (Phi) is 4.16. The summed E-state index contributed by atoms with van der Waals surface area (Å²) in [5.74, 6) is -0.0145. The van der Waals surface area contributed by atoms with Gasteiger partial charge in [-0.2, -0.15) is 0 Å². The number of carbonyl (C=O) groups excluding carboxylic acids is 1. The number of nitrogens with zero attached hydrogens (tertiary/aromatic N) is 1. The number of rotatable bonds is 5. The van der Waals surface area contributed by atoms with Crippen LogP contribution in [0.2, 0.25) is 5.22 Å². The first-order valence-electron chi connectivity index (χ1n) is 7.20. The number of carbonyl (C=O) groups is 1. The molecule has 0 spiro atoms. The number of benzene rings is 1. The zero-order valence-electron chi connectivity index (χ0n) is 12.1. The Morgan fingerprint density at radius 3 is 2.68 bits per heavy atom. The number of hydrogen-bond donors (Lipinski definition) is 1. The Labute approximate surface area is 132 Å². The molecule has 4 nitrogen and oxygen atoms in total. The Bertz CT molecular complexity index is 660. The lowest BCUT2D eigenvalue weighted by Gasteiger charge is -2.18. The molecule has 1 amide bonds. The van der Waals surface area contributed by atoms with Gasteiger partial charge in [0.15, 0.2) is 0 Å². The van der Waals surface area contributed by atoms with Crippen LogP contribution in [-0.2, 0) is 11.2 Å². The minimum atomic E-state index is -0.281. The molecule has 1 aromatic carbocycles. The van der Waals surface area contributed by atoms with Gasteiger partial charge in [-0.05, 0) is 55.0 Å². The van der Waals surface area contributed by atoms with Crippen LogP contribution in [-0.4, -0.2) is 11.1 Å². The lowest BCUT2D eigenvalue weighted by atomic mass is 10.0. The van der Waals surface area contributed by atoms with Crippen LogP contribution in [0.3, 0.4) is 0 Å². The van der Waals surface area contributed by atoms with E-state index >= 15 is 0 Å². The maximum absolute atomic E-state index is 13.1. The molecule has 3 rings (SSSR count). The summed E-state index contributed by atoms with van der Waals surface area (Å²) in [7, 11) is 0. The second kappa shape index (κ2) is 6.08. The summed E-state index contributed by atoms with van der Waals surface area (Å²) in [4.78, 5) is 12.3. The van der Waals surface area contributed by atoms with Crippen molar-refractivity contribution in [2.45, 2.75) is 32.2 Å². The maximum atomic E-state index is 13.1. The van der Waals surface area contributed by atoms with E-state index in [9.17, 15) is 9.18 Å². The first kappa shape index (κ1) is 15.0. The highest BCUT2D eigenvalue weighted by Gasteiger charge is 2.33. The zero-order chi connectivity index (χ0) is 15.7. The molecule has 1 N–H and O–H groups in total. The van der Waals surface area contributed by atoms with Crippen LogP contribution in [0.4, 0.5) is 4.39 Å². The Hall–Kier alpha value is -1.88. The van der Waals surface area contributed by atoms with Crippen LogP contribution in [0.25, 0.3) is 0 Å². The van der Waals surface area contributed by atoms with Crippen molar-refractivity contribution in [3.63, 3.8) is 0 Å². The fourth-order valence-electron chi connectivity index (χ4n) is 2.52. The van der Waals surface area contributed by atoms with Crippen LogP contribution < -0.4 is 5.32 Å². The molecule has 1 fully saturated rings. The Morgan fingerprint density at radius 2 is 2.14 bits per heavy atom. The van der Waals surface area contributed by atoms with Crippen molar-refractivity contribution in [2.24, 2.45) is 5.92 Å². The van der Waals surface area contributed by atoms with Crippen LogP contribution in [0.1, 0.15) is 35.7 Å². The summed E-state index contributed by atoms with van der Waals surface area (Å²) in [6.07, 6.45) is 2.25. The van der Waals surface area contributed by atoms with Gasteiger partial charge in [0.1, 0.15) is 5.82 Å². The third-order valence-electron chi connectivity index (χ3n) is 3.91. The molecular formula is C16H16ClFN2O2. The van der Waals surface area contributed by atoms with Gasteiger partial charge in [0, 0.05) is 5.56 Å². The normalized spacial score (nSPS) is 15.6. The van der Waals surface area contributed by atoms with E-state index in [0.29, 0.717) is 17.2 Å². The summed E-state index contributed by atoms with van der Waals surface area (Å²) in [6, 6.07) is 6.18. The average Bonchev–Trinajstić information content (AvgIpc) is 3.28. The summed E-state index contributed by atoms with van der Waals surface area (Å²) >= 11 is 5.88. The molecule has 0 saturated heterocycles. The number of nitrogens with one attached hydrogen (secondary N) is 1. The van der Waals surface area contributed by atoms with Gasteiger partial charge in [0.25, 0.3) is 0 Å². The topological polar surface area (TPSA) is 55.1 Å². The molecule has 22 heavy (non-hydrogen) atoms. The highest BCUT2D eigenvalue weighted by molar-refractivity contribution is 6.29. The van der Waals surface area contributed by atoms with E-state index in [1.54, 1.807) is 19.1 Å². The van der Waals surface area contributed by atoms with Gasteiger partial charge >= 0.3 is 0 Å². The van der Waals surface area contributed by atoms with Gasteiger partial charge in [-0.25, -0.2) is 4.39 Å². The van der Waals surface area contributed by atoms with Crippen molar-refractivity contribution in [2.75, 3.05) is 0 Å². The van der Waals surface area contributed by atoms with E-state index in [1.807, 2.05) is 0 Å². The second-order valence-corrected chi connectivity index (χ2v) is 5.97. The summed E-state index contributed by atoms with van der Waals surface area (Å²) < 4.78 is 17.9. The molecule has 0 aliphatic heterocycles. The van der Waals surface area contributed by atoms with Crippen molar-refractivity contribution in [3.8, 4) is 0 Å². The molecular weight excluding hydrogens is 307 g/mol. The smallest absolute Gasteiger partial charge is 0.229 e. The molecule has 116 valence electrons. The van der Waals surface area contributed by atoms with Crippen LogP contribution >= 0.6 is 11.6 Å². The van der Waals surface area contributed by atoms with Crippen LogP contribution in [0, 0.1) is 18.7 Å². The van der Waals surface area contributed by atoms with E-state index in [4.69, 9.17) is 16.1 Å². The average molecular weight is 323 g/mol. The van der Waals surface area contributed by atoms with Crippen LogP contribution in [0.5, 0.6) is 0 Å². The fraction of sp³-hybridized carbons (Fsp3) is 0.375. The highest BCUT2D eigenvalue weighted by atomic mass is 35.5. The second-order valence-electron chi connectivity index (χ2n) is 5.63. The first-order valence-corrected chi connectivity index (χ1v) is 7.58. The van der Waals surface area contributed by atoms with Gasteiger partial charge in [0.2, 0.25) is 11.1 Å². The van der Waals surface area contributed by atoms with Crippen molar-refractivity contribution >= 4 is 17.5 Å². The van der Waals surface area contributed by atoms with Crippen molar-refractivity contribution < 1.29 is 13.7 Å². The predicted molar refractivity (Wildman–Crippen MR) is 80.0 cm³/mol. The SMILES string of the molecule is Cc1noc(Cl)c1CC(=O)NC(c1ccc(F)cc1)C1CC1. The highest BCUT2D eigenvalue weighted by Crippen LogP contribution is 2.41. The van der Waals surface area contributed by atoms with Gasteiger partial charge in [-0.1, -0.05) is 17.3 Å². The monoisotopic (exact) mass is 322 g/mol. The molecule has 1 heterocycles. The van der Waals surface area contributed by atoms with E-state index in [2.05, 4.69) is 10.5 Å². The quantitative estimate of drug-likeness (QED) is 0.915. The first-order chi connectivity index (χ1) is 10.5. The molecule has 1 aliphatic rings. The zero-order valence-corrected chi connectivity index (χ0v) is 12.9. The summed E-state index contributed by atoms with van der Waals surface area (Å²) in [5.41, 5.74) is 2.14.